The van der Waals surface area contributed by atoms with Crippen molar-refractivity contribution < 1.29 is 4.79 Å². The Morgan fingerprint density at radius 2 is 1.87 bits per heavy atom. The third-order valence-corrected chi connectivity index (χ3v) is 5.78. The van der Waals surface area contributed by atoms with Crippen LogP contribution in [0, 0.1) is 20.8 Å². The summed E-state index contributed by atoms with van der Waals surface area (Å²) in [6.45, 7) is 6.56. The molecule has 4 rings (SSSR count). The van der Waals surface area contributed by atoms with Crippen molar-refractivity contribution in [3.8, 4) is 0 Å². The van der Waals surface area contributed by atoms with Crippen LogP contribution in [0.2, 0.25) is 0 Å². The fourth-order valence-electron chi connectivity index (χ4n) is 3.80. The summed E-state index contributed by atoms with van der Waals surface area (Å²) in [5.41, 5.74) is 4.09. The molecule has 1 aromatic heterocycles. The van der Waals surface area contributed by atoms with Gasteiger partial charge in [0.15, 0.2) is 5.82 Å². The predicted molar refractivity (Wildman–Crippen MR) is 113 cm³/mol. The number of aryl methyl sites for hydroxylation is 1. The smallest absolute Gasteiger partial charge is 0.287 e. The minimum atomic E-state index is -0.450. The average Bonchev–Trinajstić information content (AvgIpc) is 2.74. The Kier molecular flexibility index (Phi) is 4.85. The number of carbonyl (C=O) groups is 1. The van der Waals surface area contributed by atoms with E-state index in [-0.39, 0.29) is 17.9 Å². The second-order valence-corrected chi connectivity index (χ2v) is 7.71. The van der Waals surface area contributed by atoms with Gasteiger partial charge >= 0.3 is 0 Å². The summed E-state index contributed by atoms with van der Waals surface area (Å²) < 4.78 is 0. The number of nitrogens with zero attached hydrogens (tertiary/aromatic N) is 2. The van der Waals surface area contributed by atoms with Crippen molar-refractivity contribution in [2.24, 2.45) is 0 Å². The average molecular weight is 406 g/mol. The van der Waals surface area contributed by atoms with Gasteiger partial charge in [-0.2, -0.15) is 0 Å². The molecule has 30 heavy (non-hydrogen) atoms. The number of aromatic nitrogens is 2. The minimum absolute atomic E-state index is 0.0113. The van der Waals surface area contributed by atoms with Crippen molar-refractivity contribution in [1.82, 2.24) is 15.3 Å². The van der Waals surface area contributed by atoms with Crippen molar-refractivity contribution in [3.63, 3.8) is 0 Å². The van der Waals surface area contributed by atoms with Gasteiger partial charge in [0.2, 0.25) is 10.9 Å². The second kappa shape index (κ2) is 7.37. The SMILES string of the molecule is Cc1nc(C(=O)NCc2ccc3c(c2)CN(c2c(C)c(=O)c2=O)CC3)[nH]c(=O)c1C. The zero-order chi connectivity index (χ0) is 21.6. The number of H-pyrrole nitrogens is 1. The Hall–Kier alpha value is -3.55. The molecule has 3 aromatic rings. The molecule has 1 amide bonds. The van der Waals surface area contributed by atoms with Gasteiger partial charge in [0.25, 0.3) is 11.5 Å². The molecule has 8 nitrogen and oxygen atoms in total. The van der Waals surface area contributed by atoms with Crippen LogP contribution in [0.1, 0.15) is 44.1 Å². The Labute approximate surface area is 172 Å². The van der Waals surface area contributed by atoms with Gasteiger partial charge in [-0.15, -0.1) is 0 Å². The Morgan fingerprint density at radius 1 is 1.10 bits per heavy atom. The van der Waals surface area contributed by atoms with E-state index in [9.17, 15) is 19.2 Å². The molecule has 1 aliphatic rings. The minimum Gasteiger partial charge on any atom is -0.363 e. The van der Waals surface area contributed by atoms with Crippen LogP contribution in [0.3, 0.4) is 0 Å². The highest BCUT2D eigenvalue weighted by Gasteiger charge is 2.26. The summed E-state index contributed by atoms with van der Waals surface area (Å²) in [4.78, 5) is 56.3. The topological polar surface area (TPSA) is 112 Å². The first kappa shape index (κ1) is 19.8. The number of hydrogen-bond acceptors (Lipinski definition) is 6. The third-order valence-electron chi connectivity index (χ3n) is 5.78. The van der Waals surface area contributed by atoms with E-state index >= 15 is 0 Å². The molecule has 2 heterocycles. The quantitative estimate of drug-likeness (QED) is 0.620. The molecular weight excluding hydrogens is 384 g/mol. The van der Waals surface area contributed by atoms with E-state index in [1.54, 1.807) is 20.8 Å². The number of nitrogens with one attached hydrogen (secondary N) is 2. The lowest BCUT2D eigenvalue weighted by atomic mass is 9.95. The van der Waals surface area contributed by atoms with E-state index in [4.69, 9.17) is 0 Å². The van der Waals surface area contributed by atoms with Gasteiger partial charge in [-0.25, -0.2) is 4.98 Å². The summed E-state index contributed by atoms with van der Waals surface area (Å²) in [6, 6.07) is 5.98. The highest BCUT2D eigenvalue weighted by molar-refractivity contribution is 5.90. The molecule has 0 radical (unpaired) electrons. The molecule has 154 valence electrons. The van der Waals surface area contributed by atoms with Gasteiger partial charge in [-0.1, -0.05) is 18.2 Å². The van der Waals surface area contributed by atoms with Crippen molar-refractivity contribution in [3.05, 3.63) is 88.3 Å². The first-order chi connectivity index (χ1) is 14.3. The molecule has 0 fully saturated rings. The molecule has 8 heteroatoms. The number of aromatic amines is 1. The van der Waals surface area contributed by atoms with Gasteiger partial charge in [-0.05, 0) is 43.9 Å². The fraction of sp³-hybridized carbons (Fsp3) is 0.318. The molecule has 1 aliphatic heterocycles. The fourth-order valence-corrected chi connectivity index (χ4v) is 3.80. The summed E-state index contributed by atoms with van der Waals surface area (Å²) in [5, 5.41) is 2.78. The van der Waals surface area contributed by atoms with E-state index in [1.165, 1.54) is 5.56 Å². The summed E-state index contributed by atoms with van der Waals surface area (Å²) >= 11 is 0. The maximum atomic E-state index is 12.4. The first-order valence-corrected chi connectivity index (χ1v) is 9.77. The molecule has 0 spiro atoms. The monoisotopic (exact) mass is 406 g/mol. The van der Waals surface area contributed by atoms with Gasteiger partial charge in [-0.3, -0.25) is 19.2 Å². The number of amides is 1. The highest BCUT2D eigenvalue weighted by atomic mass is 16.2. The van der Waals surface area contributed by atoms with Crippen LogP contribution < -0.4 is 26.6 Å². The number of rotatable bonds is 4. The lowest BCUT2D eigenvalue weighted by Crippen LogP contribution is -2.44. The number of hydrogen-bond donors (Lipinski definition) is 2. The largest absolute Gasteiger partial charge is 0.363 e. The lowest BCUT2D eigenvalue weighted by molar-refractivity contribution is 0.0940. The summed E-state index contributed by atoms with van der Waals surface area (Å²) in [6.07, 6.45) is 0.786. The molecule has 0 unspecified atom stereocenters. The third kappa shape index (κ3) is 3.34. The Bertz CT molecular complexity index is 1300. The molecular formula is C22H22N4O4. The van der Waals surface area contributed by atoms with Gasteiger partial charge in [0.1, 0.15) is 0 Å². The number of fused-ring (bicyclic) bond motifs is 1. The van der Waals surface area contributed by atoms with Crippen LogP contribution >= 0.6 is 0 Å². The number of benzene rings is 1. The van der Waals surface area contributed by atoms with E-state index in [1.807, 2.05) is 23.1 Å². The van der Waals surface area contributed by atoms with E-state index in [0.29, 0.717) is 35.6 Å². The van der Waals surface area contributed by atoms with Gasteiger partial charge < -0.3 is 15.2 Å². The van der Waals surface area contributed by atoms with Crippen LogP contribution in [0.25, 0.3) is 0 Å². The molecule has 2 aromatic carbocycles. The molecule has 2 N–H and O–H groups in total. The maximum absolute atomic E-state index is 12.4. The Balaban J connectivity index is 1.48. The summed E-state index contributed by atoms with van der Waals surface area (Å²) in [5.74, 6) is -0.461. The van der Waals surface area contributed by atoms with Crippen molar-refractivity contribution in [2.75, 3.05) is 11.4 Å². The molecule has 0 saturated carbocycles. The molecule has 0 bridgehead atoms. The van der Waals surface area contributed by atoms with Gasteiger partial charge in [0.05, 0.1) is 5.69 Å². The van der Waals surface area contributed by atoms with Crippen molar-refractivity contribution >= 4 is 11.6 Å². The molecule has 0 aliphatic carbocycles. The lowest BCUT2D eigenvalue weighted by Gasteiger charge is -2.32. The maximum Gasteiger partial charge on any atom is 0.287 e. The van der Waals surface area contributed by atoms with Crippen LogP contribution in [-0.4, -0.2) is 22.4 Å². The number of carbonyl (C=O) groups excluding carboxylic acids is 1. The van der Waals surface area contributed by atoms with Gasteiger partial charge in [0, 0.05) is 36.5 Å². The molecule has 0 saturated heterocycles. The highest BCUT2D eigenvalue weighted by Crippen LogP contribution is 2.25. The van der Waals surface area contributed by atoms with Crippen LogP contribution in [-0.2, 0) is 19.5 Å². The van der Waals surface area contributed by atoms with Crippen molar-refractivity contribution in [1.29, 1.82) is 0 Å². The second-order valence-electron chi connectivity index (χ2n) is 7.71. The predicted octanol–water partition coefficient (Wildman–Crippen LogP) is 0.784. The van der Waals surface area contributed by atoms with Crippen LogP contribution in [0.5, 0.6) is 0 Å². The van der Waals surface area contributed by atoms with Crippen LogP contribution in [0.4, 0.5) is 5.69 Å². The summed E-state index contributed by atoms with van der Waals surface area (Å²) in [7, 11) is 0. The standard InChI is InChI=1S/C22H22N4O4/c1-11-13(3)24-20(25-21(11)29)22(30)23-9-14-4-5-15-6-7-26(10-16(15)8-14)17-12(2)18(27)19(17)28/h4-5,8H,6-7,9-10H2,1-3H3,(H,23,30)(H,24,25,29). The Morgan fingerprint density at radius 3 is 2.57 bits per heavy atom. The van der Waals surface area contributed by atoms with E-state index in [2.05, 4.69) is 15.3 Å². The molecule has 0 atom stereocenters. The normalized spacial score (nSPS) is 13.4. The van der Waals surface area contributed by atoms with Crippen molar-refractivity contribution in [2.45, 2.75) is 40.3 Å². The first-order valence-electron chi connectivity index (χ1n) is 9.77. The zero-order valence-corrected chi connectivity index (χ0v) is 17.1. The van der Waals surface area contributed by atoms with E-state index < -0.39 is 16.8 Å². The van der Waals surface area contributed by atoms with E-state index in [0.717, 1.165) is 17.5 Å². The zero-order valence-electron chi connectivity index (χ0n) is 17.1. The number of anilines is 1. The van der Waals surface area contributed by atoms with Crippen LogP contribution in [0.15, 0.2) is 32.6 Å².